The van der Waals surface area contributed by atoms with Gasteiger partial charge in [-0.05, 0) is 78.1 Å². The van der Waals surface area contributed by atoms with Crippen molar-refractivity contribution >= 4 is 51.5 Å². The van der Waals surface area contributed by atoms with Crippen molar-refractivity contribution in [3.8, 4) is 16.2 Å². The highest BCUT2D eigenvalue weighted by atomic mass is 32.1. The topological polar surface area (TPSA) is 176 Å². The molecule has 0 aliphatic carbocycles. The molecular formula is C43H50N6O7S. The van der Waals surface area contributed by atoms with Crippen LogP contribution in [0.2, 0.25) is 0 Å². The van der Waals surface area contributed by atoms with Gasteiger partial charge in [-0.25, -0.2) is 4.79 Å². The maximum Gasteiger partial charge on any atom is 0.411 e. The van der Waals surface area contributed by atoms with Crippen molar-refractivity contribution in [1.82, 2.24) is 20.1 Å². The second-order valence-corrected chi connectivity index (χ2v) is 15.2. The van der Waals surface area contributed by atoms with Gasteiger partial charge in [0.25, 0.3) is 0 Å². The first-order chi connectivity index (χ1) is 27.6. The van der Waals surface area contributed by atoms with Crippen LogP contribution in [-0.2, 0) is 20.9 Å². The normalized spacial score (nSPS) is 13.9. The van der Waals surface area contributed by atoms with E-state index in [1.165, 1.54) is 12.1 Å². The lowest BCUT2D eigenvalue weighted by molar-refractivity contribution is -0.130. The number of H-pyrrole nitrogens is 1. The third-order valence-electron chi connectivity index (χ3n) is 10.1. The summed E-state index contributed by atoms with van der Waals surface area (Å²) in [6, 6.07) is 25.3. The van der Waals surface area contributed by atoms with Crippen molar-refractivity contribution in [3.63, 3.8) is 0 Å². The van der Waals surface area contributed by atoms with Crippen molar-refractivity contribution < 1.29 is 29.3 Å². The highest BCUT2D eigenvalue weighted by Gasteiger charge is 2.24. The third-order valence-corrected chi connectivity index (χ3v) is 11.1. The van der Waals surface area contributed by atoms with Crippen molar-refractivity contribution in [3.05, 3.63) is 112 Å². The standard InChI is InChI=1S/C43H50N6O7S/c1-48(40(54)20-25-49-23-18-32(19-24-49)56-43(55)46-35-21-26-57-42(35)30-7-3-2-4-8-30)22-6-5-9-38(52)45-31-12-10-29(11-13-31)27-44-28-37(51)33-14-16-36(50)41-34(33)15-17-39(53)47-41/h2-4,7-8,10-17,21,26,32,37,44,50-51H,5-6,9,18-20,22-25,27-28H2,1H3,(H,45,52)(H,46,55)(H,47,53)/t37-/m0/s1. The molecule has 300 valence electrons. The van der Waals surface area contributed by atoms with Gasteiger partial charge in [0.1, 0.15) is 11.9 Å². The number of hydrogen-bond acceptors (Lipinski definition) is 10. The summed E-state index contributed by atoms with van der Waals surface area (Å²) < 4.78 is 5.73. The number of phenolic OH excluding ortho intramolecular Hbond substituents is 1. The van der Waals surface area contributed by atoms with Crippen molar-refractivity contribution in [2.75, 3.05) is 50.4 Å². The van der Waals surface area contributed by atoms with Crippen LogP contribution in [0.3, 0.4) is 0 Å². The highest BCUT2D eigenvalue weighted by molar-refractivity contribution is 7.14. The number of aromatic hydroxyl groups is 1. The average molecular weight is 795 g/mol. The van der Waals surface area contributed by atoms with Gasteiger partial charge < -0.3 is 40.4 Å². The number of aliphatic hydroxyl groups excluding tert-OH is 1. The van der Waals surface area contributed by atoms with Crippen LogP contribution in [-0.4, -0.2) is 88.8 Å². The number of anilines is 2. The van der Waals surface area contributed by atoms with Gasteiger partial charge >= 0.3 is 6.09 Å². The summed E-state index contributed by atoms with van der Waals surface area (Å²) in [6.07, 6.45) is 2.09. The molecule has 1 saturated heterocycles. The number of fused-ring (bicyclic) bond motifs is 1. The number of nitrogens with one attached hydrogen (secondary N) is 4. The van der Waals surface area contributed by atoms with Crippen LogP contribution in [0.4, 0.5) is 16.2 Å². The molecule has 0 bridgehead atoms. The molecule has 6 rings (SSSR count). The molecule has 13 nitrogen and oxygen atoms in total. The average Bonchev–Trinajstić information content (AvgIpc) is 3.68. The van der Waals surface area contributed by atoms with Gasteiger partial charge in [-0.3, -0.25) is 19.7 Å². The van der Waals surface area contributed by atoms with Crippen LogP contribution >= 0.6 is 11.3 Å². The summed E-state index contributed by atoms with van der Waals surface area (Å²) in [5.74, 6) is -0.0784. The van der Waals surface area contributed by atoms with Gasteiger partial charge in [-0.2, -0.15) is 0 Å². The molecule has 3 heterocycles. The largest absolute Gasteiger partial charge is 0.506 e. The Morgan fingerprint density at radius 2 is 1.72 bits per heavy atom. The zero-order valence-corrected chi connectivity index (χ0v) is 32.9. The fraction of sp³-hybridized carbons (Fsp3) is 0.349. The Morgan fingerprint density at radius 1 is 0.947 bits per heavy atom. The van der Waals surface area contributed by atoms with Crippen LogP contribution in [0.5, 0.6) is 5.75 Å². The Kier molecular flexibility index (Phi) is 14.5. The number of aromatic amines is 1. The molecular weight excluding hydrogens is 745 g/mol. The van der Waals surface area contributed by atoms with E-state index in [1.54, 1.807) is 35.4 Å². The molecule has 1 aliphatic rings. The number of amides is 3. The summed E-state index contributed by atoms with van der Waals surface area (Å²) in [5.41, 5.74) is 4.00. The quantitative estimate of drug-likeness (QED) is 0.0578. The molecule has 0 radical (unpaired) electrons. The van der Waals surface area contributed by atoms with E-state index >= 15 is 0 Å². The van der Waals surface area contributed by atoms with Crippen LogP contribution in [0.25, 0.3) is 21.3 Å². The number of aromatic nitrogens is 1. The minimum absolute atomic E-state index is 0.0566. The molecule has 0 spiro atoms. The lowest BCUT2D eigenvalue weighted by Crippen LogP contribution is -2.40. The number of aliphatic hydroxyl groups is 1. The number of pyridine rings is 1. The monoisotopic (exact) mass is 794 g/mol. The lowest BCUT2D eigenvalue weighted by Gasteiger charge is -2.31. The van der Waals surface area contributed by atoms with E-state index in [4.69, 9.17) is 4.74 Å². The van der Waals surface area contributed by atoms with Crippen LogP contribution < -0.4 is 21.5 Å². The zero-order valence-electron chi connectivity index (χ0n) is 32.0. The van der Waals surface area contributed by atoms with Gasteiger partial charge in [-0.1, -0.05) is 48.5 Å². The molecule has 0 saturated carbocycles. The Hall–Kier alpha value is -5.54. The van der Waals surface area contributed by atoms with Crippen molar-refractivity contribution in [2.24, 2.45) is 0 Å². The molecule has 2 aromatic heterocycles. The number of rotatable bonds is 17. The predicted molar refractivity (Wildman–Crippen MR) is 223 cm³/mol. The van der Waals surface area contributed by atoms with E-state index in [0.717, 1.165) is 34.8 Å². The molecule has 1 atom stereocenters. The van der Waals surface area contributed by atoms with Crippen LogP contribution in [0.15, 0.2) is 95.1 Å². The lowest BCUT2D eigenvalue weighted by atomic mass is 10.0. The third kappa shape index (κ3) is 11.7. The van der Waals surface area contributed by atoms with Gasteiger partial charge in [-0.15, -0.1) is 11.3 Å². The maximum atomic E-state index is 12.8. The second kappa shape index (κ2) is 20.1. The fourth-order valence-corrected chi connectivity index (χ4v) is 7.77. The number of likely N-dealkylation sites (tertiary alicyclic amines) is 1. The number of thiophene rings is 1. The van der Waals surface area contributed by atoms with Gasteiger partial charge in [0.05, 0.1) is 22.2 Å². The van der Waals surface area contributed by atoms with Crippen molar-refractivity contribution in [2.45, 2.75) is 57.3 Å². The molecule has 1 fully saturated rings. The number of carbonyl (C=O) groups excluding carboxylic acids is 3. The molecule has 5 aromatic rings. The molecule has 1 aliphatic heterocycles. The SMILES string of the molecule is CN(CCCCC(=O)Nc1ccc(CNC[C@H](O)c2ccc(O)c3[nH]c(=O)ccc23)cc1)C(=O)CCN1CCC(OC(=O)Nc2ccsc2-c2ccccc2)CC1. The number of hydrogen-bond donors (Lipinski definition) is 6. The number of phenols is 1. The molecule has 3 amide bonds. The minimum atomic E-state index is -0.861. The number of nitrogens with zero attached hydrogens (tertiary/aromatic N) is 2. The van der Waals surface area contributed by atoms with E-state index < -0.39 is 12.2 Å². The van der Waals surface area contributed by atoms with Gasteiger partial charge in [0.2, 0.25) is 17.4 Å². The number of carbonyl (C=O) groups is 3. The Labute approximate surface area is 335 Å². The Morgan fingerprint density at radius 3 is 2.49 bits per heavy atom. The number of unbranched alkanes of at least 4 members (excludes halogenated alkanes) is 1. The summed E-state index contributed by atoms with van der Waals surface area (Å²) in [4.78, 5) is 57.3. The molecule has 3 aromatic carbocycles. The molecule has 57 heavy (non-hydrogen) atoms. The summed E-state index contributed by atoms with van der Waals surface area (Å²) in [5, 5.41) is 32.5. The second-order valence-electron chi connectivity index (χ2n) is 14.3. The van der Waals surface area contributed by atoms with Crippen LogP contribution in [0.1, 0.15) is 55.8 Å². The zero-order chi connectivity index (χ0) is 40.1. The molecule has 14 heteroatoms. The van der Waals surface area contributed by atoms with E-state index in [0.29, 0.717) is 80.3 Å². The highest BCUT2D eigenvalue weighted by Crippen LogP contribution is 2.34. The number of benzene rings is 3. The molecule has 6 N–H and O–H groups in total. The Balaban J connectivity index is 0.810. The van der Waals surface area contributed by atoms with Gasteiger partial charge in [0.15, 0.2) is 0 Å². The smallest absolute Gasteiger partial charge is 0.411 e. The summed E-state index contributed by atoms with van der Waals surface area (Å²) in [6.45, 7) is 3.48. The van der Waals surface area contributed by atoms with E-state index in [2.05, 4.69) is 25.8 Å². The minimum Gasteiger partial charge on any atom is -0.506 e. The Bertz CT molecular complexity index is 2170. The summed E-state index contributed by atoms with van der Waals surface area (Å²) in [7, 11) is 1.80. The van der Waals surface area contributed by atoms with E-state index in [1.807, 2.05) is 66.0 Å². The van der Waals surface area contributed by atoms with Gasteiger partial charge in [0, 0.05) is 76.3 Å². The maximum absolute atomic E-state index is 12.8. The number of piperidine rings is 1. The predicted octanol–water partition coefficient (Wildman–Crippen LogP) is 6.46. The first kappa shape index (κ1) is 41.1. The summed E-state index contributed by atoms with van der Waals surface area (Å²) >= 11 is 1.57. The number of ether oxygens (including phenoxy) is 1. The van der Waals surface area contributed by atoms with Crippen LogP contribution in [0, 0.1) is 0 Å². The molecule has 0 unspecified atom stereocenters. The van der Waals surface area contributed by atoms with Crippen molar-refractivity contribution in [1.29, 1.82) is 0 Å². The fourth-order valence-electron chi connectivity index (χ4n) is 6.91. The van der Waals surface area contributed by atoms with E-state index in [-0.39, 0.29) is 35.8 Å². The first-order valence-electron chi connectivity index (χ1n) is 19.3. The van der Waals surface area contributed by atoms with E-state index in [9.17, 15) is 29.4 Å². The first-order valence-corrected chi connectivity index (χ1v) is 20.2.